The first-order valence-corrected chi connectivity index (χ1v) is 7.81. The lowest BCUT2D eigenvalue weighted by Crippen LogP contribution is -2.36. The molecule has 0 spiro atoms. The number of carbonyl (C=O) groups excluding carboxylic acids is 1. The number of hydrogen-bond acceptors (Lipinski definition) is 4. The van der Waals surface area contributed by atoms with Gasteiger partial charge in [0.15, 0.2) is 0 Å². The number of hydrogen-bond donors (Lipinski definition) is 1. The van der Waals surface area contributed by atoms with E-state index in [1.165, 1.54) is 0 Å². The number of nitrogens with one attached hydrogen (secondary N) is 1. The van der Waals surface area contributed by atoms with Crippen molar-refractivity contribution in [1.29, 1.82) is 0 Å². The second kappa shape index (κ2) is 6.79. The highest BCUT2D eigenvalue weighted by molar-refractivity contribution is 6.01. The number of morpholine rings is 1. The summed E-state index contributed by atoms with van der Waals surface area (Å²) < 4.78 is 5.40. The first-order valence-electron chi connectivity index (χ1n) is 7.81. The molecule has 1 N–H and O–H groups in total. The molecule has 1 aromatic carbocycles. The number of benzene rings is 1. The van der Waals surface area contributed by atoms with E-state index in [1.807, 2.05) is 24.3 Å². The summed E-state index contributed by atoms with van der Waals surface area (Å²) in [5.74, 6) is 0.767. The Morgan fingerprint density at radius 2 is 1.96 bits per heavy atom. The highest BCUT2D eigenvalue weighted by atomic mass is 16.5. The molecule has 5 nitrogen and oxygen atoms in total. The average molecular weight is 311 g/mol. The molecule has 2 heterocycles. The van der Waals surface area contributed by atoms with E-state index >= 15 is 0 Å². The van der Waals surface area contributed by atoms with Gasteiger partial charge < -0.3 is 15.0 Å². The third-order valence-corrected chi connectivity index (χ3v) is 4.13. The van der Waals surface area contributed by atoms with Crippen LogP contribution in [0.2, 0.25) is 0 Å². The highest BCUT2D eigenvalue weighted by Gasteiger charge is 2.18. The molecule has 1 aliphatic rings. The maximum absolute atomic E-state index is 12.2. The van der Waals surface area contributed by atoms with Crippen molar-refractivity contribution in [3.8, 4) is 11.1 Å². The molecule has 3 rings (SSSR count). The topological polar surface area (TPSA) is 54.5 Å². The highest BCUT2D eigenvalue weighted by Crippen LogP contribution is 2.29. The zero-order valence-corrected chi connectivity index (χ0v) is 13.5. The molecule has 5 heteroatoms. The van der Waals surface area contributed by atoms with E-state index in [9.17, 15) is 4.79 Å². The first-order chi connectivity index (χ1) is 11.2. The summed E-state index contributed by atoms with van der Waals surface area (Å²) in [5.41, 5.74) is 3.71. The van der Waals surface area contributed by atoms with Crippen molar-refractivity contribution in [1.82, 2.24) is 10.3 Å². The van der Waals surface area contributed by atoms with Crippen LogP contribution in [0.5, 0.6) is 0 Å². The van der Waals surface area contributed by atoms with Crippen molar-refractivity contribution in [2.75, 3.05) is 38.3 Å². The Morgan fingerprint density at radius 1 is 1.22 bits per heavy atom. The number of carbonyl (C=O) groups is 1. The minimum Gasteiger partial charge on any atom is -0.378 e. The molecule has 0 radical (unpaired) electrons. The van der Waals surface area contributed by atoms with Crippen molar-refractivity contribution < 1.29 is 9.53 Å². The Kier molecular flexibility index (Phi) is 4.57. The normalized spacial score (nSPS) is 14.6. The number of nitrogens with zero attached hydrogens (tertiary/aromatic N) is 2. The molecule has 1 aromatic heterocycles. The number of rotatable bonds is 3. The van der Waals surface area contributed by atoms with E-state index in [4.69, 9.17) is 4.74 Å². The summed E-state index contributed by atoms with van der Waals surface area (Å²) in [6.07, 6.45) is 1.67. The summed E-state index contributed by atoms with van der Waals surface area (Å²) in [6.45, 7) is 5.11. The largest absolute Gasteiger partial charge is 0.378 e. The van der Waals surface area contributed by atoms with Crippen LogP contribution < -0.4 is 10.2 Å². The Morgan fingerprint density at radius 3 is 2.65 bits per heavy atom. The summed E-state index contributed by atoms with van der Waals surface area (Å²) in [6, 6.07) is 10.1. The average Bonchev–Trinajstić information content (AvgIpc) is 2.62. The van der Waals surface area contributed by atoms with Crippen LogP contribution in [-0.4, -0.2) is 44.2 Å². The van der Waals surface area contributed by atoms with Gasteiger partial charge in [0.2, 0.25) is 0 Å². The molecule has 0 aliphatic carbocycles. The zero-order valence-electron chi connectivity index (χ0n) is 13.5. The van der Waals surface area contributed by atoms with Crippen LogP contribution in [0.15, 0.2) is 36.5 Å². The molecule has 0 unspecified atom stereocenters. The van der Waals surface area contributed by atoms with E-state index in [2.05, 4.69) is 28.2 Å². The maximum atomic E-state index is 12.2. The van der Waals surface area contributed by atoms with Crippen LogP contribution in [0.25, 0.3) is 11.1 Å². The molecule has 23 heavy (non-hydrogen) atoms. The van der Waals surface area contributed by atoms with Gasteiger partial charge in [0.25, 0.3) is 5.91 Å². The minimum absolute atomic E-state index is 0.121. The lowest BCUT2D eigenvalue weighted by Gasteiger charge is -2.28. The van der Waals surface area contributed by atoms with Gasteiger partial charge in [0.05, 0.1) is 18.8 Å². The maximum Gasteiger partial charge on any atom is 0.253 e. The number of aryl methyl sites for hydroxylation is 1. The van der Waals surface area contributed by atoms with E-state index in [0.29, 0.717) is 18.8 Å². The molecule has 120 valence electrons. The predicted molar refractivity (Wildman–Crippen MR) is 90.8 cm³/mol. The Bertz CT molecular complexity index is 709. The number of aromatic nitrogens is 1. The molecule has 1 saturated heterocycles. The van der Waals surface area contributed by atoms with Gasteiger partial charge in [-0.25, -0.2) is 4.98 Å². The van der Waals surface area contributed by atoms with Gasteiger partial charge in [0.1, 0.15) is 5.82 Å². The standard InChI is InChI=1S/C18H21N3O2/c1-13-5-3-4-6-14(13)15-11-17(21-7-9-23-10-8-21)20-12-16(15)18(22)19-2/h3-6,11-12H,7-10H2,1-2H3,(H,19,22). The molecular weight excluding hydrogens is 290 g/mol. The summed E-state index contributed by atoms with van der Waals surface area (Å²) >= 11 is 0. The van der Waals surface area contributed by atoms with Crippen LogP contribution in [0.1, 0.15) is 15.9 Å². The second-order valence-electron chi connectivity index (χ2n) is 5.58. The number of pyridine rings is 1. The Hall–Kier alpha value is -2.40. The predicted octanol–water partition coefficient (Wildman–Crippen LogP) is 2.25. The molecule has 1 amide bonds. The van der Waals surface area contributed by atoms with Crippen LogP contribution >= 0.6 is 0 Å². The lowest BCUT2D eigenvalue weighted by molar-refractivity contribution is 0.0963. The van der Waals surface area contributed by atoms with Crippen LogP contribution in [0.3, 0.4) is 0 Å². The summed E-state index contributed by atoms with van der Waals surface area (Å²) in [5, 5.41) is 2.70. The van der Waals surface area contributed by atoms with Crippen molar-refractivity contribution in [3.63, 3.8) is 0 Å². The molecule has 0 atom stereocenters. The van der Waals surface area contributed by atoms with Crippen molar-refractivity contribution >= 4 is 11.7 Å². The van der Waals surface area contributed by atoms with Gasteiger partial charge in [-0.15, -0.1) is 0 Å². The fourth-order valence-corrected chi connectivity index (χ4v) is 2.82. The Balaban J connectivity index is 2.09. The molecule has 0 bridgehead atoms. The van der Waals surface area contributed by atoms with Gasteiger partial charge in [-0.3, -0.25) is 4.79 Å². The lowest BCUT2D eigenvalue weighted by atomic mass is 9.97. The van der Waals surface area contributed by atoms with E-state index in [1.54, 1.807) is 13.2 Å². The summed E-state index contributed by atoms with van der Waals surface area (Å²) in [4.78, 5) is 18.9. The molecule has 2 aromatic rings. The van der Waals surface area contributed by atoms with Gasteiger partial charge in [-0.1, -0.05) is 24.3 Å². The van der Waals surface area contributed by atoms with Crippen LogP contribution in [-0.2, 0) is 4.74 Å². The van der Waals surface area contributed by atoms with Crippen LogP contribution in [0.4, 0.5) is 5.82 Å². The second-order valence-corrected chi connectivity index (χ2v) is 5.58. The Labute approximate surface area is 136 Å². The van der Waals surface area contributed by atoms with Crippen molar-refractivity contribution in [3.05, 3.63) is 47.7 Å². The van der Waals surface area contributed by atoms with Crippen molar-refractivity contribution in [2.24, 2.45) is 0 Å². The quantitative estimate of drug-likeness (QED) is 0.944. The minimum atomic E-state index is -0.121. The molecular formula is C18H21N3O2. The van der Waals surface area contributed by atoms with E-state index < -0.39 is 0 Å². The first kappa shape index (κ1) is 15.5. The van der Waals surface area contributed by atoms with Gasteiger partial charge in [-0.2, -0.15) is 0 Å². The summed E-state index contributed by atoms with van der Waals surface area (Å²) in [7, 11) is 1.64. The third kappa shape index (κ3) is 3.19. The van der Waals surface area contributed by atoms with Gasteiger partial charge in [0, 0.05) is 26.3 Å². The molecule has 0 saturated carbocycles. The molecule has 1 fully saturated rings. The molecule has 1 aliphatic heterocycles. The fourth-order valence-electron chi connectivity index (χ4n) is 2.82. The van der Waals surface area contributed by atoms with Crippen molar-refractivity contribution in [2.45, 2.75) is 6.92 Å². The fraction of sp³-hybridized carbons (Fsp3) is 0.333. The number of ether oxygens (including phenoxy) is 1. The zero-order chi connectivity index (χ0) is 16.2. The van der Waals surface area contributed by atoms with Gasteiger partial charge >= 0.3 is 0 Å². The SMILES string of the molecule is CNC(=O)c1cnc(N2CCOCC2)cc1-c1ccccc1C. The monoisotopic (exact) mass is 311 g/mol. The smallest absolute Gasteiger partial charge is 0.253 e. The number of anilines is 1. The van der Waals surface area contributed by atoms with Gasteiger partial charge in [-0.05, 0) is 29.7 Å². The van der Waals surface area contributed by atoms with Crippen LogP contribution in [0, 0.1) is 6.92 Å². The number of amides is 1. The van der Waals surface area contributed by atoms with E-state index in [-0.39, 0.29) is 5.91 Å². The van der Waals surface area contributed by atoms with E-state index in [0.717, 1.165) is 35.6 Å². The third-order valence-electron chi connectivity index (χ3n) is 4.13.